The Balaban J connectivity index is 2.59. The number of carboxylic acids is 1. The van der Waals surface area contributed by atoms with E-state index in [0.29, 0.717) is 4.88 Å². The van der Waals surface area contributed by atoms with Crippen LogP contribution in [0.1, 0.15) is 30.4 Å². The van der Waals surface area contributed by atoms with Crippen molar-refractivity contribution in [3.05, 3.63) is 22.4 Å². The Morgan fingerprint density at radius 2 is 1.85 bits per heavy atom. The number of amides is 2. The summed E-state index contributed by atoms with van der Waals surface area (Å²) in [6.07, 6.45) is 0. The van der Waals surface area contributed by atoms with E-state index in [1.54, 1.807) is 31.4 Å². The molecule has 1 heterocycles. The molecule has 6 nitrogen and oxygen atoms in total. The van der Waals surface area contributed by atoms with Gasteiger partial charge in [0.2, 0.25) is 5.91 Å². The van der Waals surface area contributed by atoms with Crippen LogP contribution in [0, 0.1) is 5.92 Å². The zero-order valence-corrected chi connectivity index (χ0v) is 12.4. The highest BCUT2D eigenvalue weighted by Gasteiger charge is 2.26. The summed E-state index contributed by atoms with van der Waals surface area (Å²) >= 11 is 1.27. The minimum atomic E-state index is -1.09. The maximum Gasteiger partial charge on any atom is 0.326 e. The quantitative estimate of drug-likeness (QED) is 0.732. The first-order valence-corrected chi connectivity index (χ1v) is 7.08. The molecular weight excluding hydrogens is 280 g/mol. The van der Waals surface area contributed by atoms with E-state index in [1.807, 2.05) is 0 Å². The maximum absolute atomic E-state index is 11.9. The van der Waals surface area contributed by atoms with Crippen molar-refractivity contribution in [2.45, 2.75) is 32.9 Å². The van der Waals surface area contributed by atoms with Crippen molar-refractivity contribution in [2.24, 2.45) is 5.92 Å². The topological polar surface area (TPSA) is 95.5 Å². The molecule has 1 aromatic rings. The van der Waals surface area contributed by atoms with Gasteiger partial charge in [0.15, 0.2) is 0 Å². The summed E-state index contributed by atoms with van der Waals surface area (Å²) in [7, 11) is 0. The number of carbonyl (C=O) groups excluding carboxylic acids is 2. The molecule has 0 spiro atoms. The molecule has 20 heavy (non-hydrogen) atoms. The zero-order valence-electron chi connectivity index (χ0n) is 11.5. The highest BCUT2D eigenvalue weighted by Crippen LogP contribution is 2.08. The van der Waals surface area contributed by atoms with E-state index in [4.69, 9.17) is 5.11 Å². The Bertz CT molecular complexity index is 485. The van der Waals surface area contributed by atoms with Gasteiger partial charge in [-0.1, -0.05) is 19.9 Å². The second-order valence-electron chi connectivity index (χ2n) is 4.74. The van der Waals surface area contributed by atoms with Crippen LogP contribution in [0.5, 0.6) is 0 Å². The third-order valence-corrected chi connectivity index (χ3v) is 3.58. The summed E-state index contributed by atoms with van der Waals surface area (Å²) in [4.78, 5) is 35.2. The lowest BCUT2D eigenvalue weighted by Gasteiger charge is -2.20. The van der Waals surface area contributed by atoms with Crippen LogP contribution < -0.4 is 10.6 Å². The Kier molecular flexibility index (Phi) is 5.69. The predicted molar refractivity (Wildman–Crippen MR) is 75.7 cm³/mol. The number of rotatable bonds is 6. The monoisotopic (exact) mass is 298 g/mol. The number of thiophene rings is 1. The van der Waals surface area contributed by atoms with Crippen LogP contribution >= 0.6 is 11.3 Å². The average molecular weight is 298 g/mol. The number of hydrogen-bond donors (Lipinski definition) is 3. The van der Waals surface area contributed by atoms with Gasteiger partial charge >= 0.3 is 5.97 Å². The number of nitrogens with one attached hydrogen (secondary N) is 2. The Morgan fingerprint density at radius 3 is 2.30 bits per heavy atom. The lowest BCUT2D eigenvalue weighted by atomic mass is 10.0. The van der Waals surface area contributed by atoms with Gasteiger partial charge in [0.25, 0.3) is 5.91 Å². The molecule has 1 aromatic heterocycles. The first-order chi connectivity index (χ1) is 9.32. The van der Waals surface area contributed by atoms with Crippen molar-refractivity contribution < 1.29 is 19.5 Å². The van der Waals surface area contributed by atoms with Crippen molar-refractivity contribution >= 4 is 29.1 Å². The number of aliphatic carboxylic acids is 1. The van der Waals surface area contributed by atoms with Crippen LogP contribution in [-0.4, -0.2) is 35.0 Å². The number of carboxylic acid groups (broad SMARTS) is 1. The van der Waals surface area contributed by atoms with Crippen LogP contribution in [0.3, 0.4) is 0 Å². The Morgan fingerprint density at radius 1 is 1.20 bits per heavy atom. The minimum absolute atomic E-state index is 0.239. The fourth-order valence-electron chi connectivity index (χ4n) is 1.53. The predicted octanol–water partition coefficient (Wildman–Crippen LogP) is 1.09. The second-order valence-corrected chi connectivity index (χ2v) is 5.69. The van der Waals surface area contributed by atoms with E-state index in [0.717, 1.165) is 0 Å². The lowest BCUT2D eigenvalue weighted by Crippen LogP contribution is -2.51. The van der Waals surface area contributed by atoms with Gasteiger partial charge in [-0.15, -0.1) is 11.3 Å². The van der Waals surface area contributed by atoms with Gasteiger partial charge in [0.1, 0.15) is 12.1 Å². The van der Waals surface area contributed by atoms with Crippen molar-refractivity contribution in [1.82, 2.24) is 10.6 Å². The molecule has 3 N–H and O–H groups in total. The molecule has 0 aliphatic heterocycles. The number of carbonyl (C=O) groups is 3. The molecule has 0 aromatic carbocycles. The van der Waals surface area contributed by atoms with Gasteiger partial charge in [-0.3, -0.25) is 9.59 Å². The fourth-order valence-corrected chi connectivity index (χ4v) is 2.16. The third-order valence-electron chi connectivity index (χ3n) is 2.72. The van der Waals surface area contributed by atoms with Crippen LogP contribution in [0.25, 0.3) is 0 Å². The summed E-state index contributed by atoms with van der Waals surface area (Å²) in [5.74, 6) is -2.20. The first-order valence-electron chi connectivity index (χ1n) is 6.20. The molecule has 1 unspecified atom stereocenters. The molecule has 110 valence electrons. The van der Waals surface area contributed by atoms with E-state index >= 15 is 0 Å². The summed E-state index contributed by atoms with van der Waals surface area (Å²) in [6, 6.07) is 1.62. The van der Waals surface area contributed by atoms with Crippen molar-refractivity contribution in [2.75, 3.05) is 0 Å². The first kappa shape index (κ1) is 16.2. The van der Waals surface area contributed by atoms with E-state index in [2.05, 4.69) is 10.6 Å². The Hall–Kier alpha value is -1.89. The van der Waals surface area contributed by atoms with Crippen LogP contribution in [0.15, 0.2) is 17.5 Å². The van der Waals surface area contributed by atoms with Gasteiger partial charge in [0, 0.05) is 0 Å². The molecule has 1 rings (SSSR count). The van der Waals surface area contributed by atoms with Gasteiger partial charge in [0.05, 0.1) is 4.88 Å². The average Bonchev–Trinajstić information content (AvgIpc) is 2.88. The molecule has 7 heteroatoms. The molecule has 0 radical (unpaired) electrons. The third kappa shape index (κ3) is 4.34. The molecule has 2 atom stereocenters. The van der Waals surface area contributed by atoms with Crippen molar-refractivity contribution in [1.29, 1.82) is 0 Å². The molecule has 0 saturated heterocycles. The van der Waals surface area contributed by atoms with Crippen LogP contribution in [-0.2, 0) is 9.59 Å². The molecular formula is C13H18N2O4S. The highest BCUT2D eigenvalue weighted by atomic mass is 32.1. The van der Waals surface area contributed by atoms with Gasteiger partial charge < -0.3 is 15.7 Å². The van der Waals surface area contributed by atoms with E-state index in [-0.39, 0.29) is 11.8 Å². The van der Waals surface area contributed by atoms with E-state index in [1.165, 1.54) is 18.3 Å². The Labute approximate surface area is 121 Å². The van der Waals surface area contributed by atoms with Gasteiger partial charge in [-0.25, -0.2) is 4.79 Å². The number of hydrogen-bond acceptors (Lipinski definition) is 4. The summed E-state index contributed by atoms with van der Waals surface area (Å²) < 4.78 is 0. The minimum Gasteiger partial charge on any atom is -0.480 e. The molecule has 2 amide bonds. The molecule has 0 aliphatic carbocycles. The molecule has 0 fully saturated rings. The van der Waals surface area contributed by atoms with Crippen molar-refractivity contribution in [3.63, 3.8) is 0 Å². The molecule has 0 bridgehead atoms. The second kappa shape index (κ2) is 7.04. The van der Waals surface area contributed by atoms with Gasteiger partial charge in [-0.05, 0) is 24.3 Å². The lowest BCUT2D eigenvalue weighted by molar-refractivity contribution is -0.143. The maximum atomic E-state index is 11.9. The van der Waals surface area contributed by atoms with E-state index < -0.39 is 24.0 Å². The van der Waals surface area contributed by atoms with E-state index in [9.17, 15) is 14.4 Å². The smallest absolute Gasteiger partial charge is 0.326 e. The molecule has 0 aliphatic rings. The summed E-state index contributed by atoms with van der Waals surface area (Å²) in [6.45, 7) is 4.92. The summed E-state index contributed by atoms with van der Waals surface area (Å²) in [5, 5.41) is 15.7. The largest absolute Gasteiger partial charge is 0.480 e. The fraction of sp³-hybridized carbons (Fsp3) is 0.462. The summed E-state index contributed by atoms with van der Waals surface area (Å²) in [5.41, 5.74) is 0. The zero-order chi connectivity index (χ0) is 15.3. The SMILES string of the molecule is CC(NC(=O)c1cccs1)C(=O)N[C@H](C(=O)O)C(C)C. The van der Waals surface area contributed by atoms with Crippen molar-refractivity contribution in [3.8, 4) is 0 Å². The normalized spacial score (nSPS) is 13.6. The van der Waals surface area contributed by atoms with Crippen LogP contribution in [0.4, 0.5) is 0 Å². The van der Waals surface area contributed by atoms with Gasteiger partial charge in [-0.2, -0.15) is 0 Å². The molecule has 0 saturated carbocycles. The highest BCUT2D eigenvalue weighted by molar-refractivity contribution is 7.12. The van der Waals surface area contributed by atoms with Crippen LogP contribution in [0.2, 0.25) is 0 Å². The standard InChI is InChI=1S/C13H18N2O4S/c1-7(2)10(13(18)19)15-11(16)8(3)14-12(17)9-5-4-6-20-9/h4-8,10H,1-3H3,(H,14,17)(H,15,16)(H,18,19)/t8?,10-/m0/s1.